The third kappa shape index (κ3) is 10.4. The fourth-order valence-electron chi connectivity index (χ4n) is 4.36. The van der Waals surface area contributed by atoms with Gasteiger partial charge in [0.15, 0.2) is 0 Å². The Bertz CT molecular complexity index is 861. The predicted molar refractivity (Wildman–Crippen MR) is 148 cm³/mol. The van der Waals surface area contributed by atoms with Crippen molar-refractivity contribution in [1.29, 1.82) is 5.26 Å². The third-order valence-electron chi connectivity index (χ3n) is 6.30. The van der Waals surface area contributed by atoms with Gasteiger partial charge >= 0.3 is 207 Å². The fourth-order valence-corrected chi connectivity index (χ4v) is 4.36. The Kier molecular flexibility index (Phi) is 13.6. The van der Waals surface area contributed by atoms with Gasteiger partial charge in [-0.1, -0.05) is 0 Å². The van der Waals surface area contributed by atoms with E-state index in [1.165, 1.54) is 17.0 Å². The van der Waals surface area contributed by atoms with Gasteiger partial charge in [-0.15, -0.1) is 0 Å². The van der Waals surface area contributed by atoms with E-state index in [0.29, 0.717) is 5.82 Å². The number of allylic oxidation sites excluding steroid dienone is 3. The molecule has 0 aliphatic carbocycles. The molecule has 2 aliphatic rings. The van der Waals surface area contributed by atoms with Crippen LogP contribution in [-0.2, 0) is 4.79 Å². The first-order chi connectivity index (χ1) is 16.6. The summed E-state index contributed by atoms with van der Waals surface area (Å²) < 4.78 is 0. The number of rotatable bonds is 11. The molecule has 0 aromatic carbocycles. The van der Waals surface area contributed by atoms with Crippen LogP contribution in [0.1, 0.15) is 26.7 Å². The van der Waals surface area contributed by atoms with E-state index in [9.17, 15) is 10.1 Å². The van der Waals surface area contributed by atoms with Gasteiger partial charge in [0.05, 0.1) is 0 Å². The van der Waals surface area contributed by atoms with Crippen molar-refractivity contribution >= 4 is 43.9 Å². The molecular weight excluding hydrogens is 421 g/mol. The van der Waals surface area contributed by atoms with E-state index in [0.717, 1.165) is 77.7 Å². The minimum absolute atomic E-state index is 0.160. The van der Waals surface area contributed by atoms with E-state index in [1.807, 2.05) is 18.9 Å². The van der Waals surface area contributed by atoms with Crippen LogP contribution in [0.15, 0.2) is 36.4 Å². The molecular formula is C25H37B3N4O2. The van der Waals surface area contributed by atoms with E-state index in [1.54, 1.807) is 6.08 Å². The van der Waals surface area contributed by atoms with Gasteiger partial charge in [0, 0.05) is 0 Å². The molecule has 1 N–H and O–H groups in total. The number of hydrogen-bond acceptors (Lipinski definition) is 6. The summed E-state index contributed by atoms with van der Waals surface area (Å²) in [6.45, 7) is 17.5. The van der Waals surface area contributed by atoms with Crippen molar-refractivity contribution in [2.24, 2.45) is 0 Å². The van der Waals surface area contributed by atoms with E-state index in [4.69, 9.17) is 5.11 Å². The topological polar surface area (TPSA) is 70.8 Å². The standard InChI is InChI=1S/C25H37B3N4O2/c1-3-23(27-10-6-16-34)19-30-11-12-31(18-22(2)26-9-5-15-33)21-25(17-29)32(14-13-30)20-24-7-4-8-28-24/h4-6,8-10,15-16,22,25,33H,3,7,11-14,18-21H2,1-2H3/b10-6-,15-5-. The SMILES string of the molecule is CC/C(=B\C=C/C=O)CN1CCN(CC(C)/B=C\C=C/O)CC(C#N)N(CC2=BC=CC2)CC1. The molecule has 0 bridgehead atoms. The number of carbonyl (C=O) groups is 1. The van der Waals surface area contributed by atoms with Crippen LogP contribution in [0.25, 0.3) is 0 Å². The van der Waals surface area contributed by atoms with Crippen LogP contribution in [0.2, 0.25) is 5.82 Å². The molecule has 9 heteroatoms. The van der Waals surface area contributed by atoms with Gasteiger partial charge in [0.1, 0.15) is 0 Å². The fraction of sp³-hybridized carbons (Fsp3) is 0.560. The molecule has 2 heterocycles. The molecule has 2 aliphatic heterocycles. The van der Waals surface area contributed by atoms with Crippen molar-refractivity contribution in [3.05, 3.63) is 36.4 Å². The Balaban J connectivity index is 2.19. The molecule has 0 saturated carbocycles. The summed E-state index contributed by atoms with van der Waals surface area (Å²) in [7, 11) is 0. The Morgan fingerprint density at radius 1 is 1.32 bits per heavy atom. The Hall–Kier alpha value is -2.14. The maximum absolute atomic E-state index is 10.6. The molecule has 1 fully saturated rings. The molecule has 0 amide bonds. The number of aliphatic hydroxyl groups is 1. The Labute approximate surface area is 207 Å². The first kappa shape index (κ1) is 28.1. The second-order valence-electron chi connectivity index (χ2n) is 9.01. The molecule has 34 heavy (non-hydrogen) atoms. The summed E-state index contributed by atoms with van der Waals surface area (Å²) in [6.07, 6.45) is 9.07. The average molecular weight is 458 g/mol. The second kappa shape index (κ2) is 16.5. The van der Waals surface area contributed by atoms with Crippen molar-refractivity contribution in [2.75, 3.05) is 52.4 Å². The van der Waals surface area contributed by atoms with Crippen LogP contribution < -0.4 is 0 Å². The number of hydrogen-bond donors (Lipinski definition) is 1. The Morgan fingerprint density at radius 3 is 2.79 bits per heavy atom. The number of nitriles is 1. The molecule has 0 aromatic heterocycles. The van der Waals surface area contributed by atoms with Gasteiger partial charge in [-0.2, -0.15) is 0 Å². The molecule has 2 rings (SSSR count). The maximum atomic E-state index is 10.6. The van der Waals surface area contributed by atoms with Crippen molar-refractivity contribution in [1.82, 2.24) is 14.7 Å². The molecule has 0 radical (unpaired) electrons. The van der Waals surface area contributed by atoms with Crippen molar-refractivity contribution in [2.45, 2.75) is 38.5 Å². The molecule has 0 aromatic rings. The zero-order valence-corrected chi connectivity index (χ0v) is 20.7. The third-order valence-corrected chi connectivity index (χ3v) is 6.30. The molecule has 0 spiro atoms. The molecule has 6 nitrogen and oxygen atoms in total. The van der Waals surface area contributed by atoms with Crippen LogP contribution in [0.4, 0.5) is 0 Å². The summed E-state index contributed by atoms with van der Waals surface area (Å²) in [5, 5.41) is 19.0. The normalized spacial score (nSPS) is 22.0. The van der Waals surface area contributed by atoms with Crippen LogP contribution in [0.5, 0.6) is 0 Å². The zero-order chi connectivity index (χ0) is 24.6. The van der Waals surface area contributed by atoms with Gasteiger partial charge in [-0.25, -0.2) is 0 Å². The van der Waals surface area contributed by atoms with Crippen LogP contribution in [-0.4, -0.2) is 122 Å². The van der Waals surface area contributed by atoms with Crippen LogP contribution in [0, 0.1) is 11.3 Å². The monoisotopic (exact) mass is 458 g/mol. The number of aliphatic hydroxyl groups excluding tert-OH is 1. The van der Waals surface area contributed by atoms with E-state index < -0.39 is 0 Å². The van der Waals surface area contributed by atoms with Gasteiger partial charge < -0.3 is 0 Å². The molecule has 1 saturated heterocycles. The van der Waals surface area contributed by atoms with Crippen molar-refractivity contribution in [3.63, 3.8) is 0 Å². The number of carbonyl (C=O) groups excluding carboxylic acids is 1. The van der Waals surface area contributed by atoms with Gasteiger partial charge in [0.2, 0.25) is 0 Å². The average Bonchev–Trinajstić information content (AvgIpc) is 3.36. The quantitative estimate of drug-likeness (QED) is 0.216. The molecule has 2 unspecified atom stereocenters. The molecule has 2 atom stereocenters. The Morgan fingerprint density at radius 2 is 2.12 bits per heavy atom. The van der Waals surface area contributed by atoms with Gasteiger partial charge in [0.25, 0.3) is 0 Å². The summed E-state index contributed by atoms with van der Waals surface area (Å²) in [6, 6.07) is 2.42. The van der Waals surface area contributed by atoms with Crippen LogP contribution in [0.3, 0.4) is 0 Å². The minimum atomic E-state index is -0.160. The van der Waals surface area contributed by atoms with Crippen LogP contribution >= 0.6 is 0 Å². The summed E-state index contributed by atoms with van der Waals surface area (Å²) in [5.41, 5.74) is 2.65. The first-order valence-corrected chi connectivity index (χ1v) is 12.3. The van der Waals surface area contributed by atoms with Crippen molar-refractivity contribution in [3.8, 4) is 6.07 Å². The number of aldehydes is 1. The summed E-state index contributed by atoms with van der Waals surface area (Å²) >= 11 is 0. The first-order valence-electron chi connectivity index (χ1n) is 12.3. The zero-order valence-electron chi connectivity index (χ0n) is 20.7. The van der Waals surface area contributed by atoms with E-state index in [2.05, 4.69) is 60.5 Å². The van der Waals surface area contributed by atoms with Gasteiger partial charge in [-0.05, 0) is 0 Å². The second-order valence-corrected chi connectivity index (χ2v) is 9.01. The van der Waals surface area contributed by atoms with E-state index >= 15 is 0 Å². The van der Waals surface area contributed by atoms with E-state index in [-0.39, 0.29) is 6.04 Å². The summed E-state index contributed by atoms with van der Waals surface area (Å²) in [4.78, 5) is 17.8. The van der Waals surface area contributed by atoms with Gasteiger partial charge in [-0.3, -0.25) is 0 Å². The summed E-state index contributed by atoms with van der Waals surface area (Å²) in [5.74, 6) is 6.10. The van der Waals surface area contributed by atoms with Crippen molar-refractivity contribution < 1.29 is 9.90 Å². The number of nitrogens with zero attached hydrogens (tertiary/aromatic N) is 4. The molecule has 178 valence electrons. The predicted octanol–water partition coefficient (Wildman–Crippen LogP) is 0.978.